The van der Waals surface area contributed by atoms with Crippen LogP contribution in [0.25, 0.3) is 0 Å². The average Bonchev–Trinajstić information content (AvgIpc) is 0.811. The summed E-state index contributed by atoms with van der Waals surface area (Å²) < 4.78 is 0. The molecule has 0 heterocycles. The largest absolute Gasteiger partial charge is 1.00 e. The number of hydrogen-bond acceptors (Lipinski definition) is 2. The summed E-state index contributed by atoms with van der Waals surface area (Å²) >= 11 is 0. The minimum absolute atomic E-state index is 0. The standard InChI is InChI=1S/C2H4O2.Li.Na.H/c1-2(3)4;;;/h1H3,(H,3,4);;;/q;;+1;/p-1. The fraction of sp³-hybridized carbons (Fsp3) is 0.500. The third kappa shape index (κ3) is 73.6. The predicted molar refractivity (Wildman–Crippen MR) is 17.8 cm³/mol. The third-order valence-corrected chi connectivity index (χ3v) is 0. The molecule has 0 aromatic rings. The Morgan fingerprint density at radius 2 is 1.67 bits per heavy atom. The number of carboxylic acids is 1. The summed E-state index contributed by atoms with van der Waals surface area (Å²) in [6.07, 6.45) is 0. The quantitative estimate of drug-likeness (QED) is 0.280. The molecule has 0 radical (unpaired) electrons. The summed E-state index contributed by atoms with van der Waals surface area (Å²) in [5.74, 6) is -1.08. The van der Waals surface area contributed by atoms with Crippen molar-refractivity contribution in [3.05, 3.63) is 0 Å². The van der Waals surface area contributed by atoms with E-state index < -0.39 is 5.97 Å². The first-order valence-corrected chi connectivity index (χ1v) is 0.908. The molecule has 0 fully saturated rings. The molecule has 0 N–H and O–H groups in total. The maximum absolute atomic E-state index is 8.89. The van der Waals surface area contributed by atoms with Crippen LogP contribution in [-0.2, 0) is 4.79 Å². The van der Waals surface area contributed by atoms with Crippen LogP contribution in [0.3, 0.4) is 0 Å². The molecule has 0 unspecified atom stereocenters. The van der Waals surface area contributed by atoms with Gasteiger partial charge in [0.2, 0.25) is 0 Å². The van der Waals surface area contributed by atoms with Crippen LogP contribution < -0.4 is 34.7 Å². The summed E-state index contributed by atoms with van der Waals surface area (Å²) in [5, 5.41) is 8.89. The molecular formula is C2H4LiNaO2. The van der Waals surface area contributed by atoms with E-state index in [9.17, 15) is 0 Å². The van der Waals surface area contributed by atoms with E-state index in [-0.39, 0.29) is 48.4 Å². The molecule has 0 aliphatic heterocycles. The van der Waals surface area contributed by atoms with Crippen molar-refractivity contribution in [1.82, 2.24) is 0 Å². The molecule has 26 valence electrons. The van der Waals surface area contributed by atoms with Crippen molar-refractivity contribution in [2.45, 2.75) is 6.92 Å². The van der Waals surface area contributed by atoms with Crippen LogP contribution in [0, 0.1) is 0 Å². The molecule has 0 aromatic heterocycles. The number of rotatable bonds is 0. The molecule has 2 nitrogen and oxygen atoms in total. The molecule has 4 heteroatoms. The van der Waals surface area contributed by atoms with Gasteiger partial charge in [0.25, 0.3) is 0 Å². The van der Waals surface area contributed by atoms with Crippen molar-refractivity contribution in [2.24, 2.45) is 0 Å². The first-order valence-electron chi connectivity index (χ1n) is 0.908. The van der Waals surface area contributed by atoms with Gasteiger partial charge in [0.15, 0.2) is 0 Å². The predicted octanol–water partition coefficient (Wildman–Crippen LogP) is -4.89. The summed E-state index contributed by atoms with van der Waals surface area (Å²) in [6, 6.07) is 0. The maximum Gasteiger partial charge on any atom is 1.00 e. The Kier molecular flexibility index (Phi) is 24.7. The van der Waals surface area contributed by atoms with E-state index in [1.165, 1.54) is 0 Å². The van der Waals surface area contributed by atoms with Gasteiger partial charge in [-0.15, -0.1) is 0 Å². The number of hydrogen-bond donors (Lipinski definition) is 0. The van der Waals surface area contributed by atoms with Crippen LogP contribution in [0.1, 0.15) is 6.92 Å². The fourth-order valence-electron chi connectivity index (χ4n) is 0. The summed E-state index contributed by atoms with van der Waals surface area (Å²) in [5.41, 5.74) is 0. The number of carbonyl (C=O) groups excluding carboxylic acids is 1. The first kappa shape index (κ1) is 15.7. The number of aliphatic carboxylic acids is 1. The van der Waals surface area contributed by atoms with Gasteiger partial charge in [-0.25, -0.2) is 0 Å². The van der Waals surface area contributed by atoms with Crippen molar-refractivity contribution >= 4 is 24.8 Å². The van der Waals surface area contributed by atoms with Crippen molar-refractivity contribution in [2.75, 3.05) is 0 Å². The van der Waals surface area contributed by atoms with E-state index in [1.54, 1.807) is 0 Å². The molecule has 0 amide bonds. The van der Waals surface area contributed by atoms with Crippen LogP contribution in [0.4, 0.5) is 0 Å². The Morgan fingerprint density at radius 3 is 1.67 bits per heavy atom. The van der Waals surface area contributed by atoms with Crippen LogP contribution >= 0.6 is 0 Å². The van der Waals surface area contributed by atoms with Crippen LogP contribution in [0.15, 0.2) is 0 Å². The van der Waals surface area contributed by atoms with Crippen LogP contribution in [0.2, 0.25) is 0 Å². The van der Waals surface area contributed by atoms with Crippen molar-refractivity contribution in [1.29, 1.82) is 0 Å². The Hall–Kier alpha value is 1.07. The molecule has 0 aromatic carbocycles. The van der Waals surface area contributed by atoms with Gasteiger partial charge in [-0.3, -0.25) is 0 Å². The Balaban J connectivity index is -0.0000000450. The minimum atomic E-state index is -1.08. The molecule has 0 bridgehead atoms. The van der Waals surface area contributed by atoms with Crippen LogP contribution in [0.5, 0.6) is 0 Å². The average molecular weight is 90.0 g/mol. The minimum Gasteiger partial charge on any atom is 1.00 e. The van der Waals surface area contributed by atoms with E-state index in [0.29, 0.717) is 0 Å². The van der Waals surface area contributed by atoms with Crippen molar-refractivity contribution < 1.29 is 39.5 Å². The van der Waals surface area contributed by atoms with Crippen molar-refractivity contribution in [3.63, 3.8) is 0 Å². The maximum atomic E-state index is 8.89. The fourth-order valence-corrected chi connectivity index (χ4v) is 0. The van der Waals surface area contributed by atoms with Gasteiger partial charge < -0.3 is 9.90 Å². The number of carbonyl (C=O) groups is 1. The van der Waals surface area contributed by atoms with E-state index in [1.807, 2.05) is 0 Å². The monoisotopic (exact) mass is 90.0 g/mol. The van der Waals surface area contributed by atoms with E-state index in [0.717, 1.165) is 6.92 Å². The molecule has 0 rings (SSSR count). The third-order valence-electron chi connectivity index (χ3n) is 0. The second kappa shape index (κ2) is 9.42. The summed E-state index contributed by atoms with van der Waals surface area (Å²) in [4.78, 5) is 8.89. The smallest absolute Gasteiger partial charge is 1.00 e. The van der Waals surface area contributed by atoms with Gasteiger partial charge in [0.1, 0.15) is 0 Å². The Morgan fingerprint density at radius 1 is 1.67 bits per heavy atom. The van der Waals surface area contributed by atoms with Gasteiger partial charge >= 0.3 is 48.4 Å². The molecule has 0 spiro atoms. The van der Waals surface area contributed by atoms with Gasteiger partial charge in [-0.2, -0.15) is 0 Å². The topological polar surface area (TPSA) is 40.1 Å². The SMILES string of the molecule is CC(=O)[O-].[LiH].[Na+]. The van der Waals surface area contributed by atoms with E-state index >= 15 is 0 Å². The van der Waals surface area contributed by atoms with E-state index in [2.05, 4.69) is 0 Å². The molecule has 0 saturated heterocycles. The molecular weight excluding hydrogens is 86.0 g/mol. The van der Waals surface area contributed by atoms with Crippen LogP contribution in [-0.4, -0.2) is 24.8 Å². The zero-order valence-electron chi connectivity index (χ0n) is 3.32. The Bertz CT molecular complexity index is 34.5. The van der Waals surface area contributed by atoms with Gasteiger partial charge in [0.05, 0.1) is 0 Å². The zero-order chi connectivity index (χ0) is 3.58. The normalized spacial score (nSPS) is 4.17. The second-order valence-corrected chi connectivity index (χ2v) is 0.492. The van der Waals surface area contributed by atoms with Gasteiger partial charge in [-0.05, 0) is 6.92 Å². The van der Waals surface area contributed by atoms with Gasteiger partial charge in [0, 0.05) is 5.97 Å². The molecule has 0 aliphatic rings. The molecule has 6 heavy (non-hydrogen) atoms. The first-order chi connectivity index (χ1) is 1.73. The molecule has 0 atom stereocenters. The van der Waals surface area contributed by atoms with Crippen molar-refractivity contribution in [3.8, 4) is 0 Å². The molecule has 0 saturated carbocycles. The number of carboxylic acid groups (broad SMARTS) is 1. The zero-order valence-corrected chi connectivity index (χ0v) is 5.32. The van der Waals surface area contributed by atoms with Gasteiger partial charge in [-0.1, -0.05) is 0 Å². The summed E-state index contributed by atoms with van der Waals surface area (Å²) in [6.45, 7) is 0.972. The Labute approximate surface area is 70.8 Å². The summed E-state index contributed by atoms with van der Waals surface area (Å²) in [7, 11) is 0. The molecule has 0 aliphatic carbocycles. The van der Waals surface area contributed by atoms with E-state index in [4.69, 9.17) is 9.90 Å². The second-order valence-electron chi connectivity index (χ2n) is 0.492.